The normalized spacial score (nSPS) is 19.8. The highest BCUT2D eigenvalue weighted by atomic mass is 16.5. The molecule has 0 atom stereocenters. The van der Waals surface area contributed by atoms with Gasteiger partial charge in [0, 0.05) is 5.54 Å². The summed E-state index contributed by atoms with van der Waals surface area (Å²) in [6.45, 7) is 4.29. The average Bonchev–Trinajstić information content (AvgIpc) is 2.34. The van der Waals surface area contributed by atoms with Gasteiger partial charge in [0.2, 0.25) is 0 Å². The van der Waals surface area contributed by atoms with Crippen molar-refractivity contribution in [1.82, 2.24) is 4.90 Å². The highest BCUT2D eigenvalue weighted by molar-refractivity contribution is 5.36. The predicted octanol–water partition coefficient (Wildman–Crippen LogP) is 1.97. The first-order valence-electron chi connectivity index (χ1n) is 6.63. The summed E-state index contributed by atoms with van der Waals surface area (Å²) in [7, 11) is 3.88. The number of hydrogen-bond acceptors (Lipinski definition) is 3. The Hall–Kier alpha value is -1.06. The monoisotopic (exact) mass is 248 g/mol. The fraction of sp³-hybridized carbons (Fsp3) is 0.600. The molecule has 0 amide bonds. The number of likely N-dealkylation sites (tertiary alicyclic amines) is 1. The lowest BCUT2D eigenvalue weighted by molar-refractivity contribution is 0.190. The Kier molecular flexibility index (Phi) is 3.93. The third-order valence-electron chi connectivity index (χ3n) is 4.00. The lowest BCUT2D eigenvalue weighted by Crippen LogP contribution is -2.50. The number of piperidine rings is 1. The Bertz CT molecular complexity index is 409. The molecule has 1 saturated heterocycles. The van der Waals surface area contributed by atoms with Crippen molar-refractivity contribution in [2.75, 3.05) is 27.2 Å². The molecule has 3 nitrogen and oxygen atoms in total. The fourth-order valence-electron chi connectivity index (χ4n) is 2.70. The molecule has 0 bridgehead atoms. The molecule has 100 valence electrons. The molecule has 1 aliphatic rings. The van der Waals surface area contributed by atoms with Gasteiger partial charge < -0.3 is 15.4 Å². The molecule has 1 aliphatic heterocycles. The van der Waals surface area contributed by atoms with E-state index in [-0.39, 0.29) is 5.54 Å². The van der Waals surface area contributed by atoms with Gasteiger partial charge in [-0.15, -0.1) is 0 Å². The summed E-state index contributed by atoms with van der Waals surface area (Å²) in [4.78, 5) is 2.35. The molecule has 1 aromatic carbocycles. The summed E-state index contributed by atoms with van der Waals surface area (Å²) in [5.41, 5.74) is 8.99. The van der Waals surface area contributed by atoms with Gasteiger partial charge in [-0.3, -0.25) is 0 Å². The van der Waals surface area contributed by atoms with Gasteiger partial charge in [-0.1, -0.05) is 12.1 Å². The topological polar surface area (TPSA) is 38.5 Å². The highest BCUT2D eigenvalue weighted by Gasteiger charge is 2.29. The van der Waals surface area contributed by atoms with Crippen molar-refractivity contribution in [2.24, 2.45) is 5.73 Å². The van der Waals surface area contributed by atoms with Crippen molar-refractivity contribution in [1.29, 1.82) is 0 Å². The molecular weight excluding hydrogens is 224 g/mol. The van der Waals surface area contributed by atoms with Crippen molar-refractivity contribution in [3.8, 4) is 5.75 Å². The van der Waals surface area contributed by atoms with Crippen LogP contribution in [0.5, 0.6) is 5.75 Å². The van der Waals surface area contributed by atoms with Crippen molar-refractivity contribution in [3.05, 3.63) is 29.3 Å². The highest BCUT2D eigenvalue weighted by Crippen LogP contribution is 2.26. The Morgan fingerprint density at radius 1 is 1.33 bits per heavy atom. The van der Waals surface area contributed by atoms with Gasteiger partial charge in [0.15, 0.2) is 0 Å². The number of hydrogen-bond donors (Lipinski definition) is 1. The first-order chi connectivity index (χ1) is 8.52. The Labute approximate surface area is 110 Å². The molecule has 1 heterocycles. The second kappa shape index (κ2) is 5.29. The summed E-state index contributed by atoms with van der Waals surface area (Å²) in [6.07, 6.45) is 3.12. The quantitative estimate of drug-likeness (QED) is 0.889. The van der Waals surface area contributed by atoms with E-state index in [1.807, 2.05) is 6.07 Å². The molecule has 1 fully saturated rings. The van der Waals surface area contributed by atoms with Gasteiger partial charge >= 0.3 is 0 Å². The molecule has 0 unspecified atom stereocenters. The van der Waals surface area contributed by atoms with Crippen molar-refractivity contribution >= 4 is 0 Å². The molecule has 2 rings (SSSR count). The van der Waals surface area contributed by atoms with E-state index in [9.17, 15) is 0 Å². The zero-order valence-electron chi connectivity index (χ0n) is 11.7. The van der Waals surface area contributed by atoms with Gasteiger partial charge in [-0.25, -0.2) is 0 Å². The molecule has 0 spiro atoms. The van der Waals surface area contributed by atoms with Crippen molar-refractivity contribution in [2.45, 2.75) is 31.7 Å². The van der Waals surface area contributed by atoms with Gasteiger partial charge in [0.1, 0.15) is 5.75 Å². The minimum atomic E-state index is -0.0342. The fourth-order valence-corrected chi connectivity index (χ4v) is 2.70. The molecule has 0 radical (unpaired) electrons. The Morgan fingerprint density at radius 3 is 2.56 bits per heavy atom. The summed E-state index contributed by atoms with van der Waals surface area (Å²) < 4.78 is 5.29. The van der Waals surface area contributed by atoms with E-state index < -0.39 is 0 Å². The second-order valence-corrected chi connectivity index (χ2v) is 5.65. The molecule has 3 heteroatoms. The van der Waals surface area contributed by atoms with Crippen LogP contribution in [-0.4, -0.2) is 37.7 Å². The predicted molar refractivity (Wildman–Crippen MR) is 75.1 cm³/mol. The first-order valence-corrected chi connectivity index (χ1v) is 6.63. The summed E-state index contributed by atoms with van der Waals surface area (Å²) in [5, 5.41) is 0. The van der Waals surface area contributed by atoms with E-state index in [0.29, 0.717) is 0 Å². The number of nitrogens with zero attached hydrogens (tertiary/aromatic N) is 1. The standard InChI is InChI=1S/C15H24N2O/c1-12-10-13(4-5-14(12)18-3)11-15(16)6-8-17(2)9-7-15/h4-5,10H,6-9,11,16H2,1-3H3. The first kappa shape index (κ1) is 13.4. The van der Waals surface area contributed by atoms with E-state index in [0.717, 1.165) is 38.1 Å². The van der Waals surface area contributed by atoms with Crippen LogP contribution in [0.15, 0.2) is 18.2 Å². The summed E-state index contributed by atoms with van der Waals surface area (Å²) in [5.74, 6) is 0.952. The second-order valence-electron chi connectivity index (χ2n) is 5.65. The van der Waals surface area contributed by atoms with Crippen LogP contribution in [0.2, 0.25) is 0 Å². The van der Waals surface area contributed by atoms with Crippen LogP contribution in [0.25, 0.3) is 0 Å². The van der Waals surface area contributed by atoms with Gasteiger partial charge in [0.25, 0.3) is 0 Å². The number of nitrogens with two attached hydrogens (primary N) is 1. The maximum absolute atomic E-state index is 6.52. The van der Waals surface area contributed by atoms with Gasteiger partial charge in [-0.05, 0) is 63.5 Å². The van der Waals surface area contributed by atoms with Crippen molar-refractivity contribution < 1.29 is 4.74 Å². The number of aryl methyl sites for hydroxylation is 1. The molecule has 18 heavy (non-hydrogen) atoms. The number of methoxy groups -OCH3 is 1. The van der Waals surface area contributed by atoms with E-state index >= 15 is 0 Å². The van der Waals surface area contributed by atoms with Gasteiger partial charge in [0.05, 0.1) is 7.11 Å². The SMILES string of the molecule is COc1ccc(CC2(N)CCN(C)CC2)cc1C. The minimum Gasteiger partial charge on any atom is -0.496 e. The molecule has 1 aromatic rings. The molecule has 2 N–H and O–H groups in total. The summed E-state index contributed by atoms with van der Waals surface area (Å²) in [6, 6.07) is 6.38. The van der Waals surface area contributed by atoms with Gasteiger partial charge in [-0.2, -0.15) is 0 Å². The largest absolute Gasteiger partial charge is 0.496 e. The lowest BCUT2D eigenvalue weighted by atomic mass is 9.83. The van der Waals surface area contributed by atoms with Crippen LogP contribution < -0.4 is 10.5 Å². The molecule has 0 saturated carbocycles. The lowest BCUT2D eigenvalue weighted by Gasteiger charge is -2.38. The molecule has 0 aliphatic carbocycles. The van der Waals surface area contributed by atoms with Crippen molar-refractivity contribution in [3.63, 3.8) is 0 Å². The van der Waals surface area contributed by atoms with E-state index in [2.05, 4.69) is 31.0 Å². The van der Waals surface area contributed by atoms with E-state index in [1.54, 1.807) is 7.11 Å². The number of benzene rings is 1. The van der Waals surface area contributed by atoms with E-state index in [4.69, 9.17) is 10.5 Å². The molecular formula is C15H24N2O. The van der Waals surface area contributed by atoms with Crippen LogP contribution in [0, 0.1) is 6.92 Å². The van der Waals surface area contributed by atoms with Crippen LogP contribution in [-0.2, 0) is 6.42 Å². The zero-order chi connectivity index (χ0) is 13.2. The Balaban J connectivity index is 2.07. The minimum absolute atomic E-state index is 0.0342. The third-order valence-corrected chi connectivity index (χ3v) is 4.00. The number of ether oxygens (including phenoxy) is 1. The van der Waals surface area contributed by atoms with Crippen LogP contribution in [0.3, 0.4) is 0 Å². The maximum Gasteiger partial charge on any atom is 0.121 e. The van der Waals surface area contributed by atoms with Crippen LogP contribution >= 0.6 is 0 Å². The van der Waals surface area contributed by atoms with E-state index in [1.165, 1.54) is 11.1 Å². The average molecular weight is 248 g/mol. The van der Waals surface area contributed by atoms with Crippen LogP contribution in [0.1, 0.15) is 24.0 Å². The van der Waals surface area contributed by atoms with Crippen LogP contribution in [0.4, 0.5) is 0 Å². The number of rotatable bonds is 3. The smallest absolute Gasteiger partial charge is 0.121 e. The maximum atomic E-state index is 6.52. The third kappa shape index (κ3) is 3.03. The summed E-state index contributed by atoms with van der Waals surface area (Å²) >= 11 is 0. The Morgan fingerprint density at radius 2 is 2.00 bits per heavy atom. The zero-order valence-corrected chi connectivity index (χ0v) is 11.7. The molecule has 0 aromatic heterocycles.